The van der Waals surface area contributed by atoms with Crippen LogP contribution in [0.5, 0.6) is 5.75 Å². The molecular formula is C56H41N3O2. The van der Waals surface area contributed by atoms with Crippen LogP contribution >= 0.6 is 0 Å². The van der Waals surface area contributed by atoms with E-state index in [1.165, 1.54) is 10.9 Å². The van der Waals surface area contributed by atoms with Gasteiger partial charge in [0.25, 0.3) is 0 Å². The van der Waals surface area contributed by atoms with Crippen molar-refractivity contribution in [1.29, 1.82) is 0 Å². The molecule has 0 aliphatic heterocycles. The van der Waals surface area contributed by atoms with Gasteiger partial charge in [-0.2, -0.15) is 0 Å². The molecule has 0 aliphatic carbocycles. The molecule has 0 aliphatic rings. The lowest BCUT2D eigenvalue weighted by Gasteiger charge is -2.23. The van der Waals surface area contributed by atoms with Crippen LogP contribution in [0.3, 0.4) is 0 Å². The number of para-hydroxylation sites is 2. The molecule has 0 radical (unpaired) electrons. The largest absolute Gasteiger partial charge is 0.507 e. The highest BCUT2D eigenvalue weighted by molar-refractivity contribution is 6.10. The Kier molecular flexibility index (Phi) is 8.46. The van der Waals surface area contributed by atoms with Crippen LogP contribution in [-0.4, -0.2) is 19.6 Å². The number of phenols is 1. The van der Waals surface area contributed by atoms with Crippen LogP contribution in [-0.2, 0) is 5.41 Å². The Morgan fingerprint density at radius 1 is 0.508 bits per heavy atom. The average Bonchev–Trinajstić information content (AvgIpc) is 3.86. The molecule has 0 atom stereocenters. The van der Waals surface area contributed by atoms with Gasteiger partial charge in [-0.3, -0.25) is 9.55 Å². The Hall–Kier alpha value is -7.76. The molecule has 8 aromatic carbocycles. The molecule has 61 heavy (non-hydrogen) atoms. The molecule has 3 heterocycles. The fraction of sp³-hybridized carbons (Fsp3) is 0.0714. The number of hydrogen-bond donors (Lipinski definition) is 1. The average molecular weight is 788 g/mol. The summed E-state index contributed by atoms with van der Waals surface area (Å²) < 4.78 is 8.73. The lowest BCUT2D eigenvalue weighted by molar-refractivity contribution is 0.477. The summed E-state index contributed by atoms with van der Waals surface area (Å²) in [4.78, 5) is 10.5. The number of furan rings is 1. The number of rotatable bonds is 6. The highest BCUT2D eigenvalue weighted by Gasteiger charge is 2.24. The first-order valence-electron chi connectivity index (χ1n) is 20.7. The Morgan fingerprint density at radius 2 is 1.16 bits per heavy atom. The third-order valence-electron chi connectivity index (χ3n) is 11.9. The van der Waals surface area contributed by atoms with Crippen LogP contribution in [0.2, 0.25) is 0 Å². The van der Waals surface area contributed by atoms with Gasteiger partial charge in [0.15, 0.2) is 0 Å². The van der Waals surface area contributed by atoms with Crippen molar-refractivity contribution in [3.63, 3.8) is 0 Å². The van der Waals surface area contributed by atoms with E-state index in [0.717, 1.165) is 88.7 Å². The van der Waals surface area contributed by atoms with Crippen LogP contribution < -0.4 is 0 Å². The van der Waals surface area contributed by atoms with Crippen molar-refractivity contribution in [3.8, 4) is 67.5 Å². The van der Waals surface area contributed by atoms with Crippen molar-refractivity contribution in [1.82, 2.24) is 14.5 Å². The molecule has 292 valence electrons. The number of hydrogen-bond acceptors (Lipinski definition) is 4. The predicted molar refractivity (Wildman–Crippen MR) is 251 cm³/mol. The van der Waals surface area contributed by atoms with Crippen molar-refractivity contribution >= 4 is 43.7 Å². The van der Waals surface area contributed by atoms with E-state index in [0.29, 0.717) is 11.4 Å². The minimum absolute atomic E-state index is 0.0628. The molecular weight excluding hydrogens is 747 g/mol. The summed E-state index contributed by atoms with van der Waals surface area (Å²) in [6.45, 7) is 6.73. The second-order valence-corrected chi connectivity index (χ2v) is 16.8. The van der Waals surface area contributed by atoms with Gasteiger partial charge in [0.1, 0.15) is 22.7 Å². The number of pyridine rings is 1. The highest BCUT2D eigenvalue weighted by atomic mass is 16.3. The standard InChI is InChI=1S/C56H41N3O2/c1-56(2,3)42-25-26-49(45(32-42)36-17-8-5-9-18-36)59-50-23-14-22-43(54(50)58-55(59)44-21-12-13-24-51(44)60)40-27-39(35-15-6-4-7-16-35)28-41(29-40)48-33-53-47(34-57-48)46-30-37-19-10-11-20-38(37)31-52(46)61-53/h4-34,60H,1-3H3. The summed E-state index contributed by atoms with van der Waals surface area (Å²) in [5.41, 5.74) is 14.3. The topological polar surface area (TPSA) is 64.1 Å². The fourth-order valence-electron chi connectivity index (χ4n) is 8.71. The van der Waals surface area contributed by atoms with Crippen molar-refractivity contribution in [3.05, 3.63) is 194 Å². The third kappa shape index (κ3) is 6.34. The van der Waals surface area contributed by atoms with Gasteiger partial charge < -0.3 is 9.52 Å². The zero-order valence-electron chi connectivity index (χ0n) is 34.1. The van der Waals surface area contributed by atoms with Crippen molar-refractivity contribution < 1.29 is 9.52 Å². The summed E-state index contributed by atoms with van der Waals surface area (Å²) >= 11 is 0. The minimum Gasteiger partial charge on any atom is -0.507 e. The van der Waals surface area contributed by atoms with E-state index in [1.807, 2.05) is 36.5 Å². The van der Waals surface area contributed by atoms with Gasteiger partial charge in [0.2, 0.25) is 0 Å². The Labute approximate surface area is 353 Å². The molecule has 3 aromatic heterocycles. The number of phenolic OH excluding ortho intramolecular Hbond substituents is 1. The number of nitrogens with zero attached hydrogens (tertiary/aromatic N) is 3. The maximum Gasteiger partial charge on any atom is 0.149 e. The smallest absolute Gasteiger partial charge is 0.149 e. The number of benzene rings is 8. The Balaban J connectivity index is 1.15. The molecule has 1 N–H and O–H groups in total. The van der Waals surface area contributed by atoms with E-state index in [9.17, 15) is 5.11 Å². The van der Waals surface area contributed by atoms with Gasteiger partial charge >= 0.3 is 0 Å². The van der Waals surface area contributed by atoms with Gasteiger partial charge in [-0.1, -0.05) is 136 Å². The highest BCUT2D eigenvalue weighted by Crippen LogP contribution is 2.43. The first-order chi connectivity index (χ1) is 29.8. The number of imidazole rings is 1. The van der Waals surface area contributed by atoms with Crippen molar-refractivity contribution in [2.45, 2.75) is 26.2 Å². The van der Waals surface area contributed by atoms with E-state index >= 15 is 0 Å². The lowest BCUT2D eigenvalue weighted by Crippen LogP contribution is -2.12. The van der Waals surface area contributed by atoms with Crippen LogP contribution in [0.1, 0.15) is 26.3 Å². The van der Waals surface area contributed by atoms with E-state index in [1.54, 1.807) is 6.07 Å². The minimum atomic E-state index is -0.0628. The predicted octanol–water partition coefficient (Wildman–Crippen LogP) is 14.8. The first-order valence-corrected chi connectivity index (χ1v) is 20.7. The molecule has 0 saturated heterocycles. The van der Waals surface area contributed by atoms with Gasteiger partial charge in [-0.25, -0.2) is 4.98 Å². The molecule has 5 heteroatoms. The van der Waals surface area contributed by atoms with E-state index in [4.69, 9.17) is 14.4 Å². The van der Waals surface area contributed by atoms with E-state index in [2.05, 4.69) is 171 Å². The van der Waals surface area contributed by atoms with Gasteiger partial charge in [-0.05, 0) is 105 Å². The van der Waals surface area contributed by atoms with Crippen molar-refractivity contribution in [2.75, 3.05) is 0 Å². The van der Waals surface area contributed by atoms with Gasteiger partial charge in [-0.15, -0.1) is 0 Å². The van der Waals surface area contributed by atoms with Crippen LogP contribution in [0.15, 0.2) is 193 Å². The summed E-state index contributed by atoms with van der Waals surface area (Å²) in [6, 6.07) is 62.9. The number of fused-ring (bicyclic) bond motifs is 5. The maximum absolute atomic E-state index is 11.4. The lowest BCUT2D eigenvalue weighted by atomic mass is 9.85. The zero-order valence-corrected chi connectivity index (χ0v) is 34.1. The van der Waals surface area contributed by atoms with E-state index < -0.39 is 0 Å². The molecule has 5 nitrogen and oxygen atoms in total. The summed E-state index contributed by atoms with van der Waals surface area (Å²) in [5.74, 6) is 0.826. The van der Waals surface area contributed by atoms with E-state index in [-0.39, 0.29) is 11.2 Å². The molecule has 11 rings (SSSR count). The molecule has 0 bridgehead atoms. The molecule has 11 aromatic rings. The quantitative estimate of drug-likeness (QED) is 0.182. The monoisotopic (exact) mass is 787 g/mol. The summed E-state index contributed by atoms with van der Waals surface area (Å²) in [5, 5.41) is 15.8. The fourth-order valence-corrected chi connectivity index (χ4v) is 8.71. The molecule has 0 spiro atoms. The Morgan fingerprint density at radius 3 is 1.93 bits per heavy atom. The van der Waals surface area contributed by atoms with Crippen LogP contribution in [0, 0.1) is 0 Å². The SMILES string of the molecule is CC(C)(C)c1ccc(-n2c(-c3ccccc3O)nc3c(-c4cc(-c5ccccc5)cc(-c5cc6oc7cc8ccccc8cc7c6cn5)c4)cccc32)c(-c2ccccc2)c1. The summed E-state index contributed by atoms with van der Waals surface area (Å²) in [7, 11) is 0. The maximum atomic E-state index is 11.4. The molecule has 0 fully saturated rings. The second-order valence-electron chi connectivity index (χ2n) is 16.8. The zero-order chi connectivity index (χ0) is 41.2. The second kappa shape index (κ2) is 14.2. The Bertz CT molecular complexity index is 3460. The molecule has 0 unspecified atom stereocenters. The number of aromatic hydroxyl groups is 1. The first kappa shape index (κ1) is 36.3. The normalized spacial score (nSPS) is 11.9. The van der Waals surface area contributed by atoms with Gasteiger partial charge in [0.05, 0.1) is 28.0 Å². The van der Waals surface area contributed by atoms with Gasteiger partial charge in [0, 0.05) is 39.7 Å². The molecule has 0 saturated carbocycles. The summed E-state index contributed by atoms with van der Waals surface area (Å²) in [6.07, 6.45) is 1.94. The van der Waals surface area contributed by atoms with Crippen LogP contribution in [0.25, 0.3) is 105 Å². The van der Waals surface area contributed by atoms with Crippen molar-refractivity contribution in [2.24, 2.45) is 0 Å². The third-order valence-corrected chi connectivity index (χ3v) is 11.9. The van der Waals surface area contributed by atoms with Crippen LogP contribution in [0.4, 0.5) is 0 Å². The molecule has 0 amide bonds. The number of aromatic nitrogens is 3.